The van der Waals surface area contributed by atoms with Crippen molar-refractivity contribution in [3.8, 4) is 0 Å². The highest BCUT2D eigenvalue weighted by Crippen LogP contribution is 2.23. The van der Waals surface area contributed by atoms with Crippen LogP contribution in [0.3, 0.4) is 0 Å². The molecule has 31 heavy (non-hydrogen) atoms. The van der Waals surface area contributed by atoms with Crippen LogP contribution in [0.5, 0.6) is 0 Å². The summed E-state index contributed by atoms with van der Waals surface area (Å²) < 4.78 is 15.9. The number of hydrogen-bond acceptors (Lipinski definition) is 5. The number of rotatable bonds is 6. The number of anilines is 2. The lowest BCUT2D eigenvalue weighted by atomic mass is 10.1. The van der Waals surface area contributed by atoms with Crippen LogP contribution >= 0.6 is 0 Å². The first-order valence-electron chi connectivity index (χ1n) is 10.1. The lowest BCUT2D eigenvalue weighted by Gasteiger charge is -2.22. The Labute approximate surface area is 177 Å². The first-order valence-corrected chi connectivity index (χ1v) is 10.1. The summed E-state index contributed by atoms with van der Waals surface area (Å²) in [4.78, 5) is 31.6. The van der Waals surface area contributed by atoms with Gasteiger partial charge in [-0.25, -0.2) is 23.3 Å². The van der Waals surface area contributed by atoms with Gasteiger partial charge in [-0.05, 0) is 62.7 Å². The summed E-state index contributed by atoms with van der Waals surface area (Å²) in [6.07, 6.45) is 1.33. The Morgan fingerprint density at radius 1 is 1.16 bits per heavy atom. The van der Waals surface area contributed by atoms with E-state index >= 15 is 0 Å². The van der Waals surface area contributed by atoms with E-state index in [0.717, 1.165) is 29.0 Å². The van der Waals surface area contributed by atoms with E-state index in [1.54, 1.807) is 0 Å². The summed E-state index contributed by atoms with van der Waals surface area (Å²) in [6, 6.07) is 9.92. The zero-order chi connectivity index (χ0) is 22.1. The minimum atomic E-state index is -0.516. The summed E-state index contributed by atoms with van der Waals surface area (Å²) >= 11 is 0. The van der Waals surface area contributed by atoms with Crippen LogP contribution in [0, 0.1) is 12.7 Å². The van der Waals surface area contributed by atoms with Gasteiger partial charge in [0.2, 0.25) is 5.91 Å². The van der Waals surface area contributed by atoms with E-state index in [4.69, 9.17) is 0 Å². The lowest BCUT2D eigenvalue weighted by molar-refractivity contribution is -0.117. The SMILES string of the molecule is CCN(CC)c1ccc(NC(=O)Cn2nc3c4cc(F)ccc4ncn3c2=O)c(C)c1. The number of aromatic nitrogens is 4. The minimum absolute atomic E-state index is 0.252. The zero-order valence-corrected chi connectivity index (χ0v) is 17.6. The molecule has 0 aliphatic carbocycles. The summed E-state index contributed by atoms with van der Waals surface area (Å²) in [7, 11) is 0. The molecule has 160 valence electrons. The highest BCUT2D eigenvalue weighted by Gasteiger charge is 2.15. The van der Waals surface area contributed by atoms with Gasteiger partial charge in [0, 0.05) is 29.9 Å². The van der Waals surface area contributed by atoms with E-state index in [2.05, 4.69) is 34.1 Å². The third kappa shape index (κ3) is 3.86. The third-order valence-corrected chi connectivity index (χ3v) is 5.29. The van der Waals surface area contributed by atoms with Crippen molar-refractivity contribution in [1.82, 2.24) is 19.2 Å². The molecule has 0 saturated heterocycles. The Balaban J connectivity index is 1.59. The predicted octanol–water partition coefficient (Wildman–Crippen LogP) is 2.98. The average molecular weight is 422 g/mol. The Hall–Kier alpha value is -3.75. The van der Waals surface area contributed by atoms with E-state index in [0.29, 0.717) is 16.6 Å². The second kappa shape index (κ2) is 8.17. The molecule has 0 radical (unpaired) electrons. The first-order chi connectivity index (χ1) is 14.9. The van der Waals surface area contributed by atoms with Gasteiger partial charge in [-0.15, -0.1) is 5.10 Å². The Kier molecular flexibility index (Phi) is 5.41. The summed E-state index contributed by atoms with van der Waals surface area (Å²) in [5.41, 5.74) is 2.93. The van der Waals surface area contributed by atoms with Crippen LogP contribution < -0.4 is 15.9 Å². The molecule has 0 unspecified atom stereocenters. The molecule has 8 nitrogen and oxygen atoms in total. The molecule has 2 heterocycles. The summed E-state index contributed by atoms with van der Waals surface area (Å²) in [5, 5.41) is 7.48. The Morgan fingerprint density at radius 3 is 2.65 bits per heavy atom. The zero-order valence-electron chi connectivity index (χ0n) is 17.6. The van der Waals surface area contributed by atoms with E-state index < -0.39 is 11.5 Å². The normalized spacial score (nSPS) is 11.2. The van der Waals surface area contributed by atoms with Crippen LogP contribution in [0.15, 0.2) is 47.5 Å². The molecule has 0 saturated carbocycles. The monoisotopic (exact) mass is 422 g/mol. The van der Waals surface area contributed by atoms with Crippen LogP contribution in [0.25, 0.3) is 16.6 Å². The number of benzene rings is 2. The highest BCUT2D eigenvalue weighted by molar-refractivity contribution is 5.92. The smallest absolute Gasteiger partial charge is 0.352 e. The standard InChI is InChI=1S/C22H23FN6O2/c1-4-27(5-2)16-7-9-18(14(3)10-16)25-20(30)12-29-22(31)28-13-24-19-8-6-15(23)11-17(19)21(28)26-29/h6-11,13H,4-5,12H2,1-3H3,(H,25,30). The van der Waals surface area contributed by atoms with Gasteiger partial charge in [0.15, 0.2) is 5.65 Å². The molecule has 9 heteroatoms. The van der Waals surface area contributed by atoms with Gasteiger partial charge in [0.05, 0.1) is 5.52 Å². The average Bonchev–Trinajstić information content (AvgIpc) is 3.06. The van der Waals surface area contributed by atoms with E-state index in [1.807, 2.05) is 25.1 Å². The van der Waals surface area contributed by atoms with Gasteiger partial charge >= 0.3 is 5.69 Å². The topological polar surface area (TPSA) is 84.5 Å². The number of aryl methyl sites for hydroxylation is 1. The van der Waals surface area contributed by atoms with Gasteiger partial charge in [0.25, 0.3) is 0 Å². The molecule has 0 spiro atoms. The molecular weight excluding hydrogens is 399 g/mol. The van der Waals surface area contributed by atoms with Gasteiger partial charge in [-0.1, -0.05) is 0 Å². The molecule has 4 rings (SSSR count). The molecular formula is C22H23FN6O2. The lowest BCUT2D eigenvalue weighted by Crippen LogP contribution is -2.28. The molecule has 0 atom stereocenters. The summed E-state index contributed by atoms with van der Waals surface area (Å²) in [6.45, 7) is 7.63. The maximum absolute atomic E-state index is 13.7. The molecule has 0 aliphatic rings. The predicted molar refractivity (Wildman–Crippen MR) is 118 cm³/mol. The van der Waals surface area contributed by atoms with Crippen LogP contribution in [0.1, 0.15) is 19.4 Å². The van der Waals surface area contributed by atoms with Crippen LogP contribution in [-0.2, 0) is 11.3 Å². The molecule has 1 N–H and O–H groups in total. The van der Waals surface area contributed by atoms with Gasteiger partial charge in [0.1, 0.15) is 18.7 Å². The molecule has 0 fully saturated rings. The third-order valence-electron chi connectivity index (χ3n) is 5.29. The van der Waals surface area contributed by atoms with E-state index in [9.17, 15) is 14.0 Å². The largest absolute Gasteiger partial charge is 0.372 e. The minimum Gasteiger partial charge on any atom is -0.372 e. The number of carbonyl (C=O) groups excluding carboxylic acids is 1. The van der Waals surface area contributed by atoms with Crippen molar-refractivity contribution in [3.05, 3.63) is 64.6 Å². The molecule has 2 aromatic heterocycles. The van der Waals surface area contributed by atoms with Gasteiger partial charge in [-0.2, -0.15) is 0 Å². The quantitative estimate of drug-likeness (QED) is 0.516. The maximum Gasteiger partial charge on any atom is 0.352 e. The highest BCUT2D eigenvalue weighted by atomic mass is 19.1. The number of hydrogen-bond donors (Lipinski definition) is 1. The number of halogens is 1. The van der Waals surface area contributed by atoms with Crippen molar-refractivity contribution < 1.29 is 9.18 Å². The summed E-state index contributed by atoms with van der Waals surface area (Å²) in [5.74, 6) is -0.835. The molecule has 0 aliphatic heterocycles. The Morgan fingerprint density at radius 2 is 1.94 bits per heavy atom. The first kappa shape index (κ1) is 20.5. The van der Waals surface area contributed by atoms with Crippen molar-refractivity contribution >= 4 is 33.8 Å². The molecule has 2 aromatic carbocycles. The van der Waals surface area contributed by atoms with Crippen molar-refractivity contribution in [2.75, 3.05) is 23.3 Å². The number of nitrogens with zero attached hydrogens (tertiary/aromatic N) is 5. The molecule has 4 aromatic rings. The number of carbonyl (C=O) groups is 1. The van der Waals surface area contributed by atoms with Crippen molar-refractivity contribution in [3.63, 3.8) is 0 Å². The van der Waals surface area contributed by atoms with E-state index in [-0.39, 0.29) is 18.1 Å². The van der Waals surface area contributed by atoms with Gasteiger partial charge in [-0.3, -0.25) is 4.79 Å². The van der Waals surface area contributed by atoms with Crippen molar-refractivity contribution in [2.24, 2.45) is 0 Å². The van der Waals surface area contributed by atoms with Gasteiger partial charge < -0.3 is 10.2 Å². The van der Waals surface area contributed by atoms with E-state index in [1.165, 1.54) is 28.9 Å². The second-order valence-electron chi connectivity index (χ2n) is 7.26. The number of nitrogens with one attached hydrogen (secondary N) is 1. The fourth-order valence-corrected chi connectivity index (χ4v) is 3.63. The van der Waals surface area contributed by atoms with Crippen molar-refractivity contribution in [1.29, 1.82) is 0 Å². The van der Waals surface area contributed by atoms with Crippen LogP contribution in [0.2, 0.25) is 0 Å². The fourth-order valence-electron chi connectivity index (χ4n) is 3.63. The Bertz CT molecular complexity index is 1340. The molecule has 0 bridgehead atoms. The van der Waals surface area contributed by atoms with Crippen LogP contribution in [-0.4, -0.2) is 38.2 Å². The maximum atomic E-state index is 13.7. The number of amides is 1. The number of fused-ring (bicyclic) bond motifs is 3. The second-order valence-corrected chi connectivity index (χ2v) is 7.26. The van der Waals surface area contributed by atoms with Crippen molar-refractivity contribution in [2.45, 2.75) is 27.3 Å². The van der Waals surface area contributed by atoms with Crippen LogP contribution in [0.4, 0.5) is 15.8 Å². The fraction of sp³-hybridized carbons (Fsp3) is 0.273. The molecule has 1 amide bonds.